The van der Waals surface area contributed by atoms with Gasteiger partial charge in [0.15, 0.2) is 0 Å². The van der Waals surface area contributed by atoms with Crippen molar-refractivity contribution in [3.05, 3.63) is 60.3 Å². The first-order valence-electron chi connectivity index (χ1n) is 10.4. The summed E-state index contributed by atoms with van der Waals surface area (Å²) in [6, 6.07) is 14.0. The third kappa shape index (κ3) is 7.31. The Kier molecular flexibility index (Phi) is 7.78. The molecule has 3 aromatic rings. The lowest BCUT2D eigenvalue weighted by Crippen LogP contribution is -2.40. The summed E-state index contributed by atoms with van der Waals surface area (Å²) in [5, 5.41) is 6.34. The molecule has 0 aliphatic carbocycles. The van der Waals surface area contributed by atoms with E-state index in [1.165, 1.54) is 0 Å². The average Bonchev–Trinajstić information content (AvgIpc) is 2.74. The van der Waals surface area contributed by atoms with Gasteiger partial charge in [-0.1, -0.05) is 6.07 Å². The molecule has 0 bridgehead atoms. The van der Waals surface area contributed by atoms with E-state index in [1.54, 1.807) is 51.2 Å². The number of hydrogen-bond acceptors (Lipinski definition) is 7. The highest BCUT2D eigenvalue weighted by Gasteiger charge is 2.22. The van der Waals surface area contributed by atoms with Crippen LogP contribution in [0.1, 0.15) is 26.3 Å². The highest BCUT2D eigenvalue weighted by atomic mass is 35.5. The maximum atomic E-state index is 12.7. The Labute approximate surface area is 199 Å². The maximum Gasteiger partial charge on any atom is 0.241 e. The first kappa shape index (κ1) is 24.8. The van der Waals surface area contributed by atoms with E-state index in [9.17, 15) is 8.42 Å². The van der Waals surface area contributed by atoms with Crippen LogP contribution in [0.4, 0.5) is 23.1 Å². The van der Waals surface area contributed by atoms with Gasteiger partial charge in [0, 0.05) is 28.7 Å². The number of nitrogens with zero attached hydrogens (tertiary/aromatic N) is 2. The van der Waals surface area contributed by atoms with Crippen LogP contribution in [0.25, 0.3) is 0 Å². The molecule has 2 aromatic carbocycles. The zero-order valence-corrected chi connectivity index (χ0v) is 20.6. The number of sulfonamides is 1. The molecule has 0 unspecified atom stereocenters. The second-order valence-electron chi connectivity index (χ2n) is 8.42. The summed E-state index contributed by atoms with van der Waals surface area (Å²) >= 11 is 5.64. The van der Waals surface area contributed by atoms with Crippen LogP contribution in [0.15, 0.2) is 59.6 Å². The molecule has 3 N–H and O–H groups in total. The van der Waals surface area contributed by atoms with Gasteiger partial charge < -0.3 is 15.4 Å². The van der Waals surface area contributed by atoms with E-state index < -0.39 is 15.6 Å². The summed E-state index contributed by atoms with van der Waals surface area (Å²) in [6.07, 6.45) is 1.69. The number of aromatic nitrogens is 2. The Morgan fingerprint density at radius 2 is 1.76 bits per heavy atom. The van der Waals surface area contributed by atoms with Gasteiger partial charge in [-0.05, 0) is 70.2 Å². The molecule has 0 atom stereocenters. The van der Waals surface area contributed by atoms with Crippen LogP contribution in [0.5, 0.6) is 5.75 Å². The Hall–Kier alpha value is -2.88. The Morgan fingerprint density at radius 1 is 1.03 bits per heavy atom. The smallest absolute Gasteiger partial charge is 0.241 e. The molecule has 0 aliphatic heterocycles. The quantitative estimate of drug-likeness (QED) is 0.364. The fraction of sp³-hybridized carbons (Fsp3) is 0.304. The largest absolute Gasteiger partial charge is 0.492 e. The summed E-state index contributed by atoms with van der Waals surface area (Å²) in [7, 11) is -3.65. The number of anilines is 4. The van der Waals surface area contributed by atoms with E-state index in [1.807, 2.05) is 31.2 Å². The molecule has 0 spiro atoms. The van der Waals surface area contributed by atoms with Crippen molar-refractivity contribution >= 4 is 44.8 Å². The minimum atomic E-state index is -3.65. The molecule has 0 amide bonds. The zero-order valence-electron chi connectivity index (χ0n) is 19.0. The van der Waals surface area contributed by atoms with E-state index in [0.29, 0.717) is 29.9 Å². The fourth-order valence-corrected chi connectivity index (χ4v) is 4.43. The molecule has 0 saturated heterocycles. The first-order chi connectivity index (χ1) is 15.6. The molecule has 1 aromatic heterocycles. The van der Waals surface area contributed by atoms with Crippen LogP contribution in [0.3, 0.4) is 0 Å². The summed E-state index contributed by atoms with van der Waals surface area (Å²) in [5.74, 6) is 2.11. The second kappa shape index (κ2) is 10.4. The van der Waals surface area contributed by atoms with Crippen LogP contribution in [0.2, 0.25) is 0 Å². The van der Waals surface area contributed by atoms with Crippen LogP contribution in [-0.4, -0.2) is 36.4 Å². The summed E-state index contributed by atoms with van der Waals surface area (Å²) < 4.78 is 33.5. The van der Waals surface area contributed by atoms with E-state index in [-0.39, 0.29) is 4.90 Å². The van der Waals surface area contributed by atoms with Gasteiger partial charge in [-0.3, -0.25) is 0 Å². The van der Waals surface area contributed by atoms with Gasteiger partial charge in [-0.15, -0.1) is 11.6 Å². The lowest BCUT2D eigenvalue weighted by atomic mass is 10.1. The first-order valence-corrected chi connectivity index (χ1v) is 12.4. The molecule has 3 rings (SSSR count). The van der Waals surface area contributed by atoms with Gasteiger partial charge in [0.2, 0.25) is 16.0 Å². The summed E-state index contributed by atoms with van der Waals surface area (Å²) in [6.45, 7) is 7.71. The molecule has 33 heavy (non-hydrogen) atoms. The highest BCUT2D eigenvalue weighted by molar-refractivity contribution is 7.89. The topological polar surface area (TPSA) is 105 Å². The van der Waals surface area contributed by atoms with Gasteiger partial charge in [0.1, 0.15) is 18.2 Å². The van der Waals surface area contributed by atoms with Crippen LogP contribution in [0, 0.1) is 6.92 Å². The molecule has 0 radical (unpaired) electrons. The van der Waals surface area contributed by atoms with E-state index in [4.69, 9.17) is 16.3 Å². The van der Waals surface area contributed by atoms with Crippen LogP contribution in [-0.2, 0) is 10.0 Å². The van der Waals surface area contributed by atoms with Crippen molar-refractivity contribution in [1.29, 1.82) is 0 Å². The number of halogens is 1. The molecule has 1 heterocycles. The van der Waals surface area contributed by atoms with Crippen molar-refractivity contribution in [2.75, 3.05) is 23.1 Å². The number of ether oxygens (including phenoxy) is 1. The predicted octanol–water partition coefficient (Wildman–Crippen LogP) is 4.97. The Bertz CT molecular complexity index is 1200. The van der Waals surface area contributed by atoms with Gasteiger partial charge in [-0.2, -0.15) is 4.98 Å². The van der Waals surface area contributed by atoms with Crippen molar-refractivity contribution in [3.8, 4) is 5.75 Å². The van der Waals surface area contributed by atoms with Crippen LogP contribution >= 0.6 is 11.6 Å². The number of rotatable bonds is 9. The number of hydrogen-bond donors (Lipinski definition) is 3. The Balaban J connectivity index is 1.77. The van der Waals surface area contributed by atoms with Crippen molar-refractivity contribution in [2.45, 2.75) is 38.1 Å². The summed E-state index contributed by atoms with van der Waals surface area (Å²) in [4.78, 5) is 9.04. The molecule has 8 nitrogen and oxygen atoms in total. The van der Waals surface area contributed by atoms with Crippen molar-refractivity contribution in [2.24, 2.45) is 0 Å². The number of aryl methyl sites for hydroxylation is 1. The normalized spacial score (nSPS) is 11.8. The third-order valence-corrected chi connectivity index (χ3v) is 6.19. The zero-order chi connectivity index (χ0) is 24.1. The third-order valence-electron chi connectivity index (χ3n) is 4.28. The van der Waals surface area contributed by atoms with Gasteiger partial charge in [0.25, 0.3) is 0 Å². The van der Waals surface area contributed by atoms with E-state index >= 15 is 0 Å². The minimum absolute atomic E-state index is 0.170. The SMILES string of the molecule is Cc1cnc(Nc2ccc(OCCCl)cc2)nc1Nc1cccc(S(=O)(=O)NC(C)(C)C)c1. The minimum Gasteiger partial charge on any atom is -0.492 e. The number of benzene rings is 2. The molecular formula is C23H28ClN5O3S. The van der Waals surface area contributed by atoms with Gasteiger partial charge >= 0.3 is 0 Å². The highest BCUT2D eigenvalue weighted by Crippen LogP contribution is 2.24. The molecule has 0 aliphatic rings. The lowest BCUT2D eigenvalue weighted by molar-refractivity contribution is 0.343. The average molecular weight is 490 g/mol. The van der Waals surface area contributed by atoms with Crippen molar-refractivity contribution in [3.63, 3.8) is 0 Å². The van der Waals surface area contributed by atoms with E-state index in [0.717, 1.165) is 17.0 Å². The fourth-order valence-electron chi connectivity index (χ4n) is 2.89. The predicted molar refractivity (Wildman–Crippen MR) is 133 cm³/mol. The van der Waals surface area contributed by atoms with Gasteiger partial charge in [-0.25, -0.2) is 18.1 Å². The molecule has 10 heteroatoms. The van der Waals surface area contributed by atoms with Crippen molar-refractivity contribution < 1.29 is 13.2 Å². The monoisotopic (exact) mass is 489 g/mol. The number of nitrogens with one attached hydrogen (secondary N) is 3. The van der Waals surface area contributed by atoms with E-state index in [2.05, 4.69) is 25.3 Å². The lowest BCUT2D eigenvalue weighted by Gasteiger charge is -2.20. The maximum absolute atomic E-state index is 12.7. The molecule has 0 fully saturated rings. The van der Waals surface area contributed by atoms with Crippen molar-refractivity contribution in [1.82, 2.24) is 14.7 Å². The van der Waals surface area contributed by atoms with Crippen LogP contribution < -0.4 is 20.1 Å². The number of alkyl halides is 1. The Morgan fingerprint density at radius 3 is 2.42 bits per heavy atom. The van der Waals surface area contributed by atoms with Gasteiger partial charge in [0.05, 0.1) is 10.8 Å². The standard InChI is InChI=1S/C23H28ClN5O3S/c1-16-15-25-22(27-17-8-10-19(11-9-17)32-13-12-24)28-21(16)26-18-6-5-7-20(14-18)33(30,31)29-23(2,3)4/h5-11,14-15,29H,12-13H2,1-4H3,(H2,25,26,27,28). The molecule has 176 valence electrons. The molecular weight excluding hydrogens is 462 g/mol. The summed E-state index contributed by atoms with van der Waals surface area (Å²) in [5.41, 5.74) is 1.62. The second-order valence-corrected chi connectivity index (χ2v) is 10.5. The molecule has 0 saturated carbocycles.